The van der Waals surface area contributed by atoms with Gasteiger partial charge in [0.1, 0.15) is 17.4 Å². The minimum Gasteiger partial charge on any atom is -0.507 e. The maximum absolute atomic E-state index is 13.7. The largest absolute Gasteiger partial charge is 0.507 e. The van der Waals surface area contributed by atoms with Crippen molar-refractivity contribution in [2.24, 2.45) is 0 Å². The number of hydrogen-bond acceptors (Lipinski definition) is 4. The van der Waals surface area contributed by atoms with E-state index in [0.717, 1.165) is 6.07 Å². The van der Waals surface area contributed by atoms with E-state index in [1.54, 1.807) is 0 Å². The second-order valence-electron chi connectivity index (χ2n) is 7.34. The standard InChI is InChI=1S/C25H16F2N2O3/c1-14-12-17(6-11-20(14)27)23(30)21-22(16-4-7-18(26)8-5-16)29(25(32)24(21)31)19-9-2-15(13-28)3-10-19/h2-12,22,30H,1H3/b23-21-. The van der Waals surface area contributed by atoms with E-state index in [9.17, 15) is 23.5 Å². The van der Waals surface area contributed by atoms with Gasteiger partial charge < -0.3 is 5.11 Å². The number of halogens is 2. The number of anilines is 1. The number of benzene rings is 3. The van der Waals surface area contributed by atoms with Crippen molar-refractivity contribution < 1.29 is 23.5 Å². The van der Waals surface area contributed by atoms with Crippen LogP contribution >= 0.6 is 0 Å². The molecule has 32 heavy (non-hydrogen) atoms. The van der Waals surface area contributed by atoms with Gasteiger partial charge in [0, 0.05) is 11.3 Å². The summed E-state index contributed by atoms with van der Waals surface area (Å²) < 4.78 is 27.3. The van der Waals surface area contributed by atoms with Crippen molar-refractivity contribution in [1.29, 1.82) is 5.26 Å². The maximum atomic E-state index is 13.7. The van der Waals surface area contributed by atoms with E-state index in [2.05, 4.69) is 0 Å². The number of nitrogens with zero attached hydrogens (tertiary/aromatic N) is 2. The zero-order valence-electron chi connectivity index (χ0n) is 16.8. The van der Waals surface area contributed by atoms with Gasteiger partial charge in [0.05, 0.1) is 23.2 Å². The van der Waals surface area contributed by atoms with E-state index in [1.165, 1.54) is 72.5 Å². The Balaban J connectivity index is 1.94. The van der Waals surface area contributed by atoms with E-state index in [0.29, 0.717) is 16.8 Å². The van der Waals surface area contributed by atoms with Crippen molar-refractivity contribution in [3.05, 3.63) is 106 Å². The molecule has 1 fully saturated rings. The molecule has 7 heteroatoms. The van der Waals surface area contributed by atoms with Gasteiger partial charge in [-0.05, 0) is 72.6 Å². The quantitative estimate of drug-likeness (QED) is 0.369. The van der Waals surface area contributed by atoms with Crippen LogP contribution in [-0.2, 0) is 9.59 Å². The normalized spacial score (nSPS) is 17.4. The van der Waals surface area contributed by atoms with Crippen LogP contribution in [0.2, 0.25) is 0 Å². The summed E-state index contributed by atoms with van der Waals surface area (Å²) in [7, 11) is 0. The summed E-state index contributed by atoms with van der Waals surface area (Å²) in [6.07, 6.45) is 0. The number of aliphatic hydroxyl groups is 1. The third-order valence-electron chi connectivity index (χ3n) is 5.34. The number of nitriles is 1. The number of aliphatic hydroxyl groups excluding tert-OH is 1. The smallest absolute Gasteiger partial charge is 0.300 e. The second-order valence-corrected chi connectivity index (χ2v) is 7.34. The van der Waals surface area contributed by atoms with E-state index in [1.807, 2.05) is 6.07 Å². The summed E-state index contributed by atoms with van der Waals surface area (Å²) in [4.78, 5) is 27.2. The molecule has 0 saturated carbocycles. The Bertz CT molecular complexity index is 1310. The van der Waals surface area contributed by atoms with Gasteiger partial charge in [0.25, 0.3) is 11.7 Å². The Hall–Kier alpha value is -4.31. The summed E-state index contributed by atoms with van der Waals surface area (Å²) in [6, 6.07) is 16.0. The highest BCUT2D eigenvalue weighted by molar-refractivity contribution is 6.51. The molecule has 1 unspecified atom stereocenters. The first kappa shape index (κ1) is 20.9. The number of hydrogen-bond donors (Lipinski definition) is 1. The molecule has 158 valence electrons. The van der Waals surface area contributed by atoms with Crippen molar-refractivity contribution in [1.82, 2.24) is 0 Å². The Morgan fingerprint density at radius 2 is 1.66 bits per heavy atom. The molecule has 0 aliphatic carbocycles. The molecule has 5 nitrogen and oxygen atoms in total. The molecule has 1 saturated heterocycles. The molecule has 1 N–H and O–H groups in total. The number of Topliss-reactive ketones (excluding diaryl/α,β-unsaturated/α-hetero) is 1. The van der Waals surface area contributed by atoms with Crippen LogP contribution in [-0.4, -0.2) is 16.8 Å². The monoisotopic (exact) mass is 430 g/mol. The molecule has 3 aromatic rings. The van der Waals surface area contributed by atoms with Crippen LogP contribution in [0.25, 0.3) is 5.76 Å². The van der Waals surface area contributed by atoms with Gasteiger partial charge in [0.2, 0.25) is 0 Å². The predicted octanol–water partition coefficient (Wildman–Crippen LogP) is 4.77. The first-order valence-corrected chi connectivity index (χ1v) is 9.65. The van der Waals surface area contributed by atoms with Crippen LogP contribution in [0.15, 0.2) is 72.3 Å². The fraction of sp³-hybridized carbons (Fsp3) is 0.0800. The average molecular weight is 430 g/mol. The SMILES string of the molecule is Cc1cc(/C(O)=C2/C(=O)C(=O)N(c3ccc(C#N)cc3)C2c2ccc(F)cc2)ccc1F. The van der Waals surface area contributed by atoms with Gasteiger partial charge in [-0.25, -0.2) is 8.78 Å². The Morgan fingerprint density at radius 1 is 1.00 bits per heavy atom. The van der Waals surface area contributed by atoms with E-state index >= 15 is 0 Å². The zero-order valence-corrected chi connectivity index (χ0v) is 16.8. The van der Waals surface area contributed by atoms with Gasteiger partial charge in [-0.15, -0.1) is 0 Å². The van der Waals surface area contributed by atoms with Crippen LogP contribution in [0.1, 0.15) is 28.3 Å². The van der Waals surface area contributed by atoms with Gasteiger partial charge in [0.15, 0.2) is 0 Å². The summed E-state index contributed by atoms with van der Waals surface area (Å²) in [5.74, 6) is -3.25. The van der Waals surface area contributed by atoms with Crippen LogP contribution < -0.4 is 4.90 Å². The molecular weight excluding hydrogens is 414 g/mol. The summed E-state index contributed by atoms with van der Waals surface area (Å²) in [6.45, 7) is 1.51. The second kappa shape index (κ2) is 8.08. The molecule has 0 spiro atoms. The van der Waals surface area contributed by atoms with Crippen LogP contribution in [0.5, 0.6) is 0 Å². The highest BCUT2D eigenvalue weighted by Gasteiger charge is 2.47. The van der Waals surface area contributed by atoms with E-state index in [4.69, 9.17) is 5.26 Å². The molecule has 1 aliphatic heterocycles. The van der Waals surface area contributed by atoms with Gasteiger partial charge in [-0.3, -0.25) is 14.5 Å². The Kier molecular flexibility index (Phi) is 5.29. The highest BCUT2D eigenvalue weighted by Crippen LogP contribution is 2.42. The zero-order chi connectivity index (χ0) is 23.0. The lowest BCUT2D eigenvalue weighted by Crippen LogP contribution is -2.29. The van der Waals surface area contributed by atoms with Crippen molar-refractivity contribution in [3.63, 3.8) is 0 Å². The van der Waals surface area contributed by atoms with Gasteiger partial charge in [-0.1, -0.05) is 12.1 Å². The van der Waals surface area contributed by atoms with E-state index < -0.39 is 35.1 Å². The summed E-state index contributed by atoms with van der Waals surface area (Å²) in [5, 5.41) is 20.0. The van der Waals surface area contributed by atoms with Gasteiger partial charge in [-0.2, -0.15) is 5.26 Å². The molecule has 3 aromatic carbocycles. The highest BCUT2D eigenvalue weighted by atomic mass is 19.1. The Morgan fingerprint density at radius 3 is 2.25 bits per heavy atom. The topological polar surface area (TPSA) is 81.4 Å². The van der Waals surface area contributed by atoms with Crippen molar-refractivity contribution in [3.8, 4) is 6.07 Å². The van der Waals surface area contributed by atoms with Crippen molar-refractivity contribution in [2.75, 3.05) is 4.90 Å². The molecule has 4 rings (SSSR count). The lowest BCUT2D eigenvalue weighted by atomic mass is 9.94. The lowest BCUT2D eigenvalue weighted by Gasteiger charge is -2.25. The summed E-state index contributed by atoms with van der Waals surface area (Å²) >= 11 is 0. The summed E-state index contributed by atoms with van der Waals surface area (Å²) in [5.41, 5.74) is 1.33. The molecular formula is C25H16F2N2O3. The molecule has 1 aliphatic rings. The fourth-order valence-corrected chi connectivity index (χ4v) is 3.70. The maximum Gasteiger partial charge on any atom is 0.300 e. The van der Waals surface area contributed by atoms with Crippen LogP contribution in [0.3, 0.4) is 0 Å². The van der Waals surface area contributed by atoms with Crippen molar-refractivity contribution in [2.45, 2.75) is 13.0 Å². The molecule has 1 amide bonds. The first-order chi connectivity index (χ1) is 15.3. The number of amides is 1. The number of rotatable bonds is 3. The van der Waals surface area contributed by atoms with E-state index in [-0.39, 0.29) is 16.7 Å². The average Bonchev–Trinajstić information content (AvgIpc) is 3.06. The van der Waals surface area contributed by atoms with Crippen LogP contribution in [0.4, 0.5) is 14.5 Å². The Labute approximate surface area is 182 Å². The van der Waals surface area contributed by atoms with Crippen molar-refractivity contribution >= 4 is 23.1 Å². The third-order valence-corrected chi connectivity index (χ3v) is 5.34. The minimum absolute atomic E-state index is 0.175. The molecule has 0 radical (unpaired) electrons. The predicted molar refractivity (Wildman–Crippen MR) is 113 cm³/mol. The number of aryl methyl sites for hydroxylation is 1. The molecule has 1 heterocycles. The molecule has 0 bridgehead atoms. The number of ketones is 1. The number of carbonyl (C=O) groups is 2. The number of carbonyl (C=O) groups excluding carboxylic acids is 2. The van der Waals surface area contributed by atoms with Gasteiger partial charge >= 0.3 is 0 Å². The lowest BCUT2D eigenvalue weighted by molar-refractivity contribution is -0.132. The third kappa shape index (κ3) is 3.52. The molecule has 0 aromatic heterocycles. The minimum atomic E-state index is -1.05. The van der Waals surface area contributed by atoms with Crippen LogP contribution in [0, 0.1) is 29.9 Å². The molecule has 1 atom stereocenters. The first-order valence-electron chi connectivity index (χ1n) is 9.65. The fourth-order valence-electron chi connectivity index (χ4n) is 3.70.